The minimum absolute atomic E-state index is 0.144. The number of para-hydroxylation sites is 1. The molecule has 0 amide bonds. The monoisotopic (exact) mass is 434 g/mol. The number of aromatic nitrogens is 6. The molecule has 31 heavy (non-hydrogen) atoms. The zero-order chi connectivity index (χ0) is 22.1. The average molecular weight is 435 g/mol. The Morgan fingerprint density at radius 1 is 1.06 bits per heavy atom. The molecule has 0 aliphatic carbocycles. The van der Waals surface area contributed by atoms with Gasteiger partial charge in [-0.15, -0.1) is 0 Å². The Morgan fingerprint density at radius 2 is 1.84 bits per heavy atom. The van der Waals surface area contributed by atoms with E-state index in [0.29, 0.717) is 33.6 Å². The average Bonchev–Trinajstić information content (AvgIpc) is 2.74. The lowest BCUT2D eigenvalue weighted by Gasteiger charge is -2.17. The SMILES string of the molecule is Cc1ccc(-n2c(S[C@H](C)c3nc(N)nc(N(C)C)n3)nc3ccccc3c2=O)nc1. The summed E-state index contributed by atoms with van der Waals surface area (Å²) in [6.45, 7) is 3.89. The molecule has 3 heterocycles. The van der Waals surface area contributed by atoms with Crippen molar-refractivity contribution in [1.82, 2.24) is 29.5 Å². The first-order chi connectivity index (χ1) is 14.8. The van der Waals surface area contributed by atoms with Crippen LogP contribution in [0.15, 0.2) is 52.5 Å². The molecule has 0 bridgehead atoms. The Kier molecular flexibility index (Phi) is 5.55. The minimum atomic E-state index is -0.242. The fourth-order valence-corrected chi connectivity index (χ4v) is 3.94. The molecule has 0 fully saturated rings. The van der Waals surface area contributed by atoms with Crippen LogP contribution in [0.4, 0.5) is 11.9 Å². The third-order valence-electron chi connectivity index (χ3n) is 4.57. The van der Waals surface area contributed by atoms with Gasteiger partial charge in [-0.3, -0.25) is 4.79 Å². The highest BCUT2D eigenvalue weighted by Crippen LogP contribution is 2.33. The molecule has 158 valence electrons. The van der Waals surface area contributed by atoms with E-state index in [2.05, 4.69) is 19.9 Å². The van der Waals surface area contributed by atoms with E-state index >= 15 is 0 Å². The van der Waals surface area contributed by atoms with Gasteiger partial charge in [0.2, 0.25) is 11.9 Å². The van der Waals surface area contributed by atoms with Crippen molar-refractivity contribution in [3.05, 3.63) is 64.3 Å². The van der Waals surface area contributed by atoms with Crippen LogP contribution in [0.3, 0.4) is 0 Å². The number of nitrogens with two attached hydrogens (primary N) is 1. The number of rotatable bonds is 5. The first-order valence-electron chi connectivity index (χ1n) is 9.63. The summed E-state index contributed by atoms with van der Waals surface area (Å²) in [7, 11) is 3.67. The number of pyridine rings is 1. The standard InChI is InChI=1S/C21H22N8OS/c1-12-9-10-16(23-11-12)29-18(30)14-7-5-6-8-15(14)24-21(29)31-13(2)17-25-19(22)27-20(26-17)28(3)4/h5-11,13H,1-4H3,(H2,22,25,26,27)/t13-/m1/s1. The largest absolute Gasteiger partial charge is 0.368 e. The van der Waals surface area contributed by atoms with Gasteiger partial charge in [-0.1, -0.05) is 30.0 Å². The van der Waals surface area contributed by atoms with Crippen molar-refractivity contribution >= 4 is 34.6 Å². The maximum Gasteiger partial charge on any atom is 0.267 e. The summed E-state index contributed by atoms with van der Waals surface area (Å²) in [5.74, 6) is 1.63. The predicted octanol–water partition coefficient (Wildman–Crippen LogP) is 2.78. The Morgan fingerprint density at radius 3 is 2.55 bits per heavy atom. The topological polar surface area (TPSA) is 116 Å². The zero-order valence-corrected chi connectivity index (χ0v) is 18.5. The highest BCUT2D eigenvalue weighted by atomic mass is 32.2. The van der Waals surface area contributed by atoms with Crippen molar-refractivity contribution in [3.63, 3.8) is 0 Å². The van der Waals surface area contributed by atoms with Gasteiger partial charge in [0.05, 0.1) is 16.2 Å². The lowest BCUT2D eigenvalue weighted by atomic mass is 10.2. The molecule has 4 rings (SSSR count). The Labute approximate surface area is 183 Å². The van der Waals surface area contributed by atoms with Crippen molar-refractivity contribution in [2.24, 2.45) is 0 Å². The number of benzene rings is 1. The van der Waals surface area contributed by atoms with Crippen LogP contribution in [0.25, 0.3) is 16.7 Å². The smallest absolute Gasteiger partial charge is 0.267 e. The van der Waals surface area contributed by atoms with Crippen molar-refractivity contribution in [2.45, 2.75) is 24.3 Å². The van der Waals surface area contributed by atoms with Crippen molar-refractivity contribution < 1.29 is 0 Å². The van der Waals surface area contributed by atoms with Crippen LogP contribution in [-0.4, -0.2) is 43.6 Å². The number of nitrogens with zero attached hydrogens (tertiary/aromatic N) is 7. The van der Waals surface area contributed by atoms with E-state index < -0.39 is 0 Å². The van der Waals surface area contributed by atoms with Crippen molar-refractivity contribution in [1.29, 1.82) is 0 Å². The molecule has 0 saturated carbocycles. The number of hydrogen-bond acceptors (Lipinski definition) is 9. The molecule has 4 aromatic rings. The molecule has 1 aromatic carbocycles. The second-order valence-corrected chi connectivity index (χ2v) is 8.56. The van der Waals surface area contributed by atoms with Crippen LogP contribution in [-0.2, 0) is 0 Å². The van der Waals surface area contributed by atoms with Gasteiger partial charge in [-0.05, 0) is 37.6 Å². The van der Waals surface area contributed by atoms with Crippen molar-refractivity contribution in [2.75, 3.05) is 24.7 Å². The second kappa shape index (κ2) is 8.31. The van der Waals surface area contributed by atoms with Crippen LogP contribution < -0.4 is 16.2 Å². The summed E-state index contributed by atoms with van der Waals surface area (Å²) in [5, 5.41) is 0.785. The number of anilines is 2. The third-order valence-corrected chi connectivity index (χ3v) is 5.62. The predicted molar refractivity (Wildman–Crippen MR) is 123 cm³/mol. The van der Waals surface area contributed by atoms with Gasteiger partial charge in [0.1, 0.15) is 11.6 Å². The van der Waals surface area contributed by atoms with Crippen LogP contribution in [0.2, 0.25) is 0 Å². The number of thioether (sulfide) groups is 1. The van der Waals surface area contributed by atoms with E-state index in [1.165, 1.54) is 16.3 Å². The molecule has 0 saturated heterocycles. The summed E-state index contributed by atoms with van der Waals surface area (Å²) >= 11 is 1.37. The van der Waals surface area contributed by atoms with Gasteiger partial charge in [0.25, 0.3) is 5.56 Å². The van der Waals surface area contributed by atoms with Crippen molar-refractivity contribution in [3.8, 4) is 5.82 Å². The van der Waals surface area contributed by atoms with Gasteiger partial charge >= 0.3 is 0 Å². The van der Waals surface area contributed by atoms with Gasteiger partial charge < -0.3 is 10.6 Å². The maximum atomic E-state index is 13.4. The summed E-state index contributed by atoms with van der Waals surface area (Å²) in [6.07, 6.45) is 1.73. The molecular formula is C21H22N8OS. The van der Waals surface area contributed by atoms with E-state index in [1.54, 1.807) is 17.2 Å². The van der Waals surface area contributed by atoms with Crippen LogP contribution in [0.1, 0.15) is 23.6 Å². The molecule has 0 unspecified atom stereocenters. The van der Waals surface area contributed by atoms with Gasteiger partial charge in [-0.2, -0.15) is 15.0 Å². The molecule has 10 heteroatoms. The molecule has 3 aromatic heterocycles. The molecule has 0 aliphatic rings. The normalized spacial score (nSPS) is 12.1. The van der Waals surface area contributed by atoms with Crippen LogP contribution in [0.5, 0.6) is 0 Å². The number of nitrogen functional groups attached to an aromatic ring is 1. The lowest BCUT2D eigenvalue weighted by molar-refractivity contribution is 0.785. The summed E-state index contributed by atoms with van der Waals surface area (Å²) < 4.78 is 1.53. The first kappa shape index (κ1) is 20.7. The van der Waals surface area contributed by atoms with Gasteiger partial charge in [0, 0.05) is 20.3 Å². The van der Waals surface area contributed by atoms with Gasteiger partial charge in [0.15, 0.2) is 5.16 Å². The van der Waals surface area contributed by atoms with E-state index in [9.17, 15) is 4.79 Å². The first-order valence-corrected chi connectivity index (χ1v) is 10.5. The van der Waals surface area contributed by atoms with Crippen LogP contribution in [0, 0.1) is 6.92 Å². The number of fused-ring (bicyclic) bond motifs is 1. The highest BCUT2D eigenvalue weighted by Gasteiger charge is 2.20. The third kappa shape index (κ3) is 4.19. The molecular weight excluding hydrogens is 412 g/mol. The Balaban J connectivity index is 1.84. The maximum absolute atomic E-state index is 13.4. The summed E-state index contributed by atoms with van der Waals surface area (Å²) in [6, 6.07) is 11.0. The molecule has 9 nitrogen and oxygen atoms in total. The quantitative estimate of drug-likeness (QED) is 0.374. The lowest BCUT2D eigenvalue weighted by Crippen LogP contribution is -2.23. The highest BCUT2D eigenvalue weighted by molar-refractivity contribution is 7.99. The fraction of sp³-hybridized carbons (Fsp3) is 0.238. The number of aryl methyl sites for hydroxylation is 1. The number of hydrogen-bond donors (Lipinski definition) is 1. The Bertz CT molecular complexity index is 1300. The van der Waals surface area contributed by atoms with E-state index in [-0.39, 0.29) is 16.8 Å². The molecule has 2 N–H and O–H groups in total. The summed E-state index contributed by atoms with van der Waals surface area (Å²) in [4.78, 5) is 37.2. The molecule has 0 radical (unpaired) electrons. The second-order valence-electron chi connectivity index (χ2n) is 7.25. The fourth-order valence-electron chi connectivity index (χ4n) is 2.98. The van der Waals surface area contributed by atoms with E-state index in [4.69, 9.17) is 10.7 Å². The molecule has 1 atom stereocenters. The van der Waals surface area contributed by atoms with E-state index in [0.717, 1.165) is 5.56 Å². The molecule has 0 spiro atoms. The minimum Gasteiger partial charge on any atom is -0.368 e. The zero-order valence-electron chi connectivity index (χ0n) is 17.6. The summed E-state index contributed by atoms with van der Waals surface area (Å²) in [5.41, 5.74) is 7.33. The van der Waals surface area contributed by atoms with Gasteiger partial charge in [-0.25, -0.2) is 14.5 Å². The van der Waals surface area contributed by atoms with Crippen LogP contribution >= 0.6 is 11.8 Å². The Hall–Kier alpha value is -3.53. The molecule has 0 aliphatic heterocycles. The van der Waals surface area contributed by atoms with E-state index in [1.807, 2.05) is 58.3 Å².